The van der Waals surface area contributed by atoms with Crippen LogP contribution in [-0.2, 0) is 25.5 Å². The molecule has 0 unspecified atom stereocenters. The van der Waals surface area contributed by atoms with Gasteiger partial charge in [-0.1, -0.05) is 44.2 Å². The largest absolute Gasteiger partial charge is 0.468 e. The standard InChI is InChI=1S/C28H39N5O5/c1-18(2)16-24(26(35)30-15-14-22(29)27(36)38-5)33(4)25(34)17-20-10-12-21(13-11-20)31-28(37)32-23-9-7-6-8-19(23)3/h6-13,18,22,24H,14-17,29H2,1-5H3,(H,30,35)(H2,31,32,37)/t22-,24-/m0/s1. The van der Waals surface area contributed by atoms with E-state index in [1.165, 1.54) is 12.0 Å². The highest BCUT2D eigenvalue weighted by atomic mass is 16.5. The molecule has 5 N–H and O–H groups in total. The molecule has 206 valence electrons. The molecule has 0 spiro atoms. The Hall–Kier alpha value is -3.92. The Morgan fingerprint density at radius 1 is 1.00 bits per heavy atom. The maximum absolute atomic E-state index is 13.0. The minimum Gasteiger partial charge on any atom is -0.468 e. The number of likely N-dealkylation sites (N-methyl/N-ethyl adjacent to an activating group) is 1. The van der Waals surface area contributed by atoms with Crippen LogP contribution in [0.3, 0.4) is 0 Å². The molecule has 0 aromatic heterocycles. The van der Waals surface area contributed by atoms with E-state index in [1.54, 1.807) is 31.3 Å². The molecule has 4 amide bonds. The molecule has 10 nitrogen and oxygen atoms in total. The van der Waals surface area contributed by atoms with Crippen LogP contribution in [0.4, 0.5) is 16.2 Å². The van der Waals surface area contributed by atoms with E-state index >= 15 is 0 Å². The fourth-order valence-corrected chi connectivity index (χ4v) is 3.80. The van der Waals surface area contributed by atoms with Crippen molar-refractivity contribution < 1.29 is 23.9 Å². The van der Waals surface area contributed by atoms with Crippen LogP contribution in [0, 0.1) is 12.8 Å². The number of aryl methyl sites for hydroxylation is 1. The highest BCUT2D eigenvalue weighted by Crippen LogP contribution is 2.16. The predicted molar refractivity (Wildman–Crippen MR) is 148 cm³/mol. The topological polar surface area (TPSA) is 143 Å². The Morgan fingerprint density at radius 2 is 1.66 bits per heavy atom. The van der Waals surface area contributed by atoms with Crippen molar-refractivity contribution in [3.8, 4) is 0 Å². The average molecular weight is 526 g/mol. The number of urea groups is 1. The van der Waals surface area contributed by atoms with Crippen LogP contribution in [0.25, 0.3) is 0 Å². The second kappa shape index (κ2) is 14.7. The van der Waals surface area contributed by atoms with Crippen molar-refractivity contribution >= 4 is 35.2 Å². The van der Waals surface area contributed by atoms with E-state index in [2.05, 4.69) is 20.7 Å². The predicted octanol–water partition coefficient (Wildman–Crippen LogP) is 3.06. The molecule has 0 heterocycles. The normalized spacial score (nSPS) is 12.3. The summed E-state index contributed by atoms with van der Waals surface area (Å²) in [4.78, 5) is 51.2. The Bertz CT molecular complexity index is 1100. The number of esters is 1. The third-order valence-corrected chi connectivity index (χ3v) is 6.08. The lowest BCUT2D eigenvalue weighted by Crippen LogP contribution is -2.49. The molecule has 0 bridgehead atoms. The van der Waals surface area contributed by atoms with Gasteiger partial charge in [0.2, 0.25) is 11.8 Å². The zero-order chi connectivity index (χ0) is 28.2. The van der Waals surface area contributed by atoms with Gasteiger partial charge in [0.15, 0.2) is 0 Å². The number of amides is 4. The Morgan fingerprint density at radius 3 is 2.26 bits per heavy atom. The summed E-state index contributed by atoms with van der Waals surface area (Å²) in [5, 5.41) is 8.36. The van der Waals surface area contributed by atoms with E-state index in [9.17, 15) is 19.2 Å². The quantitative estimate of drug-likeness (QED) is 0.314. The maximum Gasteiger partial charge on any atom is 0.323 e. The molecule has 2 aromatic carbocycles. The molecule has 10 heteroatoms. The molecular formula is C28H39N5O5. The van der Waals surface area contributed by atoms with Crippen molar-refractivity contribution in [3.63, 3.8) is 0 Å². The number of nitrogens with one attached hydrogen (secondary N) is 3. The van der Waals surface area contributed by atoms with Gasteiger partial charge in [0.1, 0.15) is 12.1 Å². The van der Waals surface area contributed by atoms with E-state index < -0.39 is 18.1 Å². The zero-order valence-corrected chi connectivity index (χ0v) is 22.7. The lowest BCUT2D eigenvalue weighted by molar-refractivity contribution is -0.142. The van der Waals surface area contributed by atoms with Gasteiger partial charge in [-0.3, -0.25) is 14.4 Å². The van der Waals surface area contributed by atoms with E-state index in [0.29, 0.717) is 12.1 Å². The van der Waals surface area contributed by atoms with Gasteiger partial charge < -0.3 is 31.3 Å². The summed E-state index contributed by atoms with van der Waals surface area (Å²) in [6.07, 6.45) is 0.811. The highest BCUT2D eigenvalue weighted by Gasteiger charge is 2.28. The summed E-state index contributed by atoms with van der Waals surface area (Å²) in [6.45, 7) is 6.06. The van der Waals surface area contributed by atoms with Crippen molar-refractivity contribution in [2.24, 2.45) is 11.7 Å². The van der Waals surface area contributed by atoms with Crippen LogP contribution in [-0.4, -0.2) is 61.5 Å². The molecule has 0 radical (unpaired) electrons. The Kier molecular flexibility index (Phi) is 11.7. The third kappa shape index (κ3) is 9.51. The lowest BCUT2D eigenvalue weighted by Gasteiger charge is -2.29. The number of para-hydroxylation sites is 1. The van der Waals surface area contributed by atoms with Gasteiger partial charge in [-0.2, -0.15) is 0 Å². The summed E-state index contributed by atoms with van der Waals surface area (Å²) in [5.41, 5.74) is 8.74. The second-order valence-corrected chi connectivity index (χ2v) is 9.63. The SMILES string of the molecule is COC(=O)[C@@H](N)CCNC(=O)[C@H](CC(C)C)N(C)C(=O)Cc1ccc(NC(=O)Nc2ccccc2C)cc1. The van der Waals surface area contributed by atoms with Gasteiger partial charge in [-0.05, 0) is 55.0 Å². The van der Waals surface area contributed by atoms with Crippen molar-refractivity contribution in [1.29, 1.82) is 0 Å². The van der Waals surface area contributed by atoms with Crippen molar-refractivity contribution in [1.82, 2.24) is 10.2 Å². The minimum absolute atomic E-state index is 0.0985. The van der Waals surface area contributed by atoms with Crippen LogP contribution >= 0.6 is 0 Å². The van der Waals surface area contributed by atoms with Gasteiger partial charge in [-0.25, -0.2) is 4.79 Å². The number of anilines is 2. The van der Waals surface area contributed by atoms with Gasteiger partial charge in [-0.15, -0.1) is 0 Å². The van der Waals surface area contributed by atoms with Crippen LogP contribution in [0.5, 0.6) is 0 Å². The number of rotatable bonds is 12. The number of hydrogen-bond acceptors (Lipinski definition) is 6. The number of hydrogen-bond donors (Lipinski definition) is 4. The van der Waals surface area contributed by atoms with E-state index in [-0.39, 0.29) is 43.1 Å². The van der Waals surface area contributed by atoms with Crippen molar-refractivity contribution in [2.45, 2.75) is 52.1 Å². The van der Waals surface area contributed by atoms with Crippen LogP contribution in [0.15, 0.2) is 48.5 Å². The molecule has 0 saturated heterocycles. The van der Waals surface area contributed by atoms with Gasteiger partial charge in [0.25, 0.3) is 0 Å². The summed E-state index contributed by atoms with van der Waals surface area (Å²) in [5.74, 6) is -0.881. The second-order valence-electron chi connectivity index (χ2n) is 9.63. The first-order valence-electron chi connectivity index (χ1n) is 12.6. The highest BCUT2D eigenvalue weighted by molar-refractivity contribution is 6.00. The molecule has 0 fully saturated rings. The molecule has 0 aliphatic heterocycles. The number of carbonyl (C=O) groups is 4. The molecular weight excluding hydrogens is 486 g/mol. The Labute approximate surface area is 224 Å². The summed E-state index contributed by atoms with van der Waals surface area (Å²) >= 11 is 0. The minimum atomic E-state index is -0.825. The number of nitrogens with two attached hydrogens (primary N) is 1. The summed E-state index contributed by atoms with van der Waals surface area (Å²) in [6, 6.07) is 12.6. The molecule has 0 saturated carbocycles. The lowest BCUT2D eigenvalue weighted by atomic mass is 10.0. The molecule has 2 aromatic rings. The smallest absolute Gasteiger partial charge is 0.323 e. The average Bonchev–Trinajstić information content (AvgIpc) is 2.88. The summed E-state index contributed by atoms with van der Waals surface area (Å²) in [7, 11) is 2.87. The maximum atomic E-state index is 13.0. The van der Waals surface area contributed by atoms with Gasteiger partial charge in [0, 0.05) is 25.0 Å². The Balaban J connectivity index is 1.94. The van der Waals surface area contributed by atoms with E-state index in [1.807, 2.05) is 45.0 Å². The molecule has 2 rings (SSSR count). The first kappa shape index (κ1) is 30.3. The van der Waals surface area contributed by atoms with Gasteiger partial charge >= 0.3 is 12.0 Å². The number of carbonyl (C=O) groups excluding carboxylic acids is 4. The van der Waals surface area contributed by atoms with Crippen molar-refractivity contribution in [2.75, 3.05) is 31.3 Å². The van der Waals surface area contributed by atoms with Crippen LogP contribution in [0.1, 0.15) is 37.8 Å². The molecule has 38 heavy (non-hydrogen) atoms. The summed E-state index contributed by atoms with van der Waals surface area (Å²) < 4.78 is 4.60. The van der Waals surface area contributed by atoms with Crippen LogP contribution in [0.2, 0.25) is 0 Å². The number of nitrogens with zero attached hydrogens (tertiary/aromatic N) is 1. The first-order valence-corrected chi connectivity index (χ1v) is 12.6. The fraction of sp³-hybridized carbons (Fsp3) is 0.429. The number of ether oxygens (including phenoxy) is 1. The number of benzene rings is 2. The van der Waals surface area contributed by atoms with Crippen LogP contribution < -0.4 is 21.7 Å². The molecule has 2 atom stereocenters. The fourth-order valence-electron chi connectivity index (χ4n) is 3.80. The monoisotopic (exact) mass is 525 g/mol. The van der Waals surface area contributed by atoms with Gasteiger partial charge in [0.05, 0.1) is 13.5 Å². The van der Waals surface area contributed by atoms with E-state index in [0.717, 1.165) is 16.8 Å². The first-order chi connectivity index (χ1) is 18.0. The third-order valence-electron chi connectivity index (χ3n) is 6.08. The molecule has 0 aliphatic rings. The number of methoxy groups -OCH3 is 1. The molecule has 0 aliphatic carbocycles. The van der Waals surface area contributed by atoms with Crippen molar-refractivity contribution in [3.05, 3.63) is 59.7 Å². The van der Waals surface area contributed by atoms with E-state index in [4.69, 9.17) is 5.73 Å². The zero-order valence-electron chi connectivity index (χ0n) is 22.7.